The van der Waals surface area contributed by atoms with Gasteiger partial charge in [0.1, 0.15) is 5.76 Å². The third-order valence-electron chi connectivity index (χ3n) is 2.67. The van der Waals surface area contributed by atoms with Gasteiger partial charge < -0.3 is 9.52 Å². The molecule has 0 atom stereocenters. The molecule has 0 bridgehead atoms. The number of aliphatic carboxylic acids is 1. The molecule has 0 amide bonds. The minimum absolute atomic E-state index is 0.226. The van der Waals surface area contributed by atoms with E-state index in [2.05, 4.69) is 15.4 Å². The number of hydrogen-bond donors (Lipinski definition) is 1. The van der Waals surface area contributed by atoms with Gasteiger partial charge in [0.05, 0.1) is 0 Å². The fourth-order valence-electron chi connectivity index (χ4n) is 1.78. The molecule has 0 fully saturated rings. The van der Waals surface area contributed by atoms with Crippen LogP contribution < -0.4 is 0 Å². The van der Waals surface area contributed by atoms with Crippen LogP contribution in [0.4, 0.5) is 0 Å². The molecule has 0 saturated heterocycles. The number of hydrogen-bond acceptors (Lipinski definition) is 5. The van der Waals surface area contributed by atoms with E-state index in [0.717, 1.165) is 10.4 Å². The quantitative estimate of drug-likeness (QED) is 0.795. The summed E-state index contributed by atoms with van der Waals surface area (Å²) in [5.74, 6) is 0.200. The van der Waals surface area contributed by atoms with Gasteiger partial charge in [-0.1, -0.05) is 23.7 Å². The van der Waals surface area contributed by atoms with Crippen molar-refractivity contribution in [2.45, 2.75) is 6.54 Å². The maximum atomic E-state index is 10.6. The van der Waals surface area contributed by atoms with E-state index in [9.17, 15) is 4.79 Å². The Balaban J connectivity index is 1.88. The van der Waals surface area contributed by atoms with E-state index in [-0.39, 0.29) is 12.4 Å². The molecule has 1 aromatic carbocycles. The molecule has 0 aliphatic rings. The molecule has 0 spiro atoms. The van der Waals surface area contributed by atoms with E-state index in [4.69, 9.17) is 21.1 Å². The lowest BCUT2D eigenvalue weighted by Crippen LogP contribution is -2.11. The number of halogens is 1. The summed E-state index contributed by atoms with van der Waals surface area (Å²) in [7, 11) is 0. The van der Waals surface area contributed by atoms with Crippen molar-refractivity contribution in [1.82, 2.24) is 20.2 Å². The van der Waals surface area contributed by atoms with Gasteiger partial charge in [0.2, 0.25) is 5.82 Å². The molecular formula is C13H9ClN4O3. The van der Waals surface area contributed by atoms with Crippen LogP contribution in [0.15, 0.2) is 40.8 Å². The van der Waals surface area contributed by atoms with Crippen LogP contribution in [0, 0.1) is 0 Å². The monoisotopic (exact) mass is 304 g/mol. The third kappa shape index (κ3) is 2.92. The largest absolute Gasteiger partial charge is 0.480 e. The maximum absolute atomic E-state index is 10.6. The van der Waals surface area contributed by atoms with Gasteiger partial charge in [0.25, 0.3) is 0 Å². The molecule has 1 N–H and O–H groups in total. The third-order valence-corrected chi connectivity index (χ3v) is 2.90. The molecule has 0 radical (unpaired) electrons. The van der Waals surface area contributed by atoms with E-state index in [0.29, 0.717) is 16.5 Å². The molecule has 0 saturated carbocycles. The number of rotatable bonds is 4. The van der Waals surface area contributed by atoms with Crippen LogP contribution in [0.3, 0.4) is 0 Å². The first kappa shape index (κ1) is 13.3. The lowest BCUT2D eigenvalue weighted by atomic mass is 10.2. The Morgan fingerprint density at radius 1 is 1.29 bits per heavy atom. The highest BCUT2D eigenvalue weighted by atomic mass is 35.5. The second kappa shape index (κ2) is 5.37. The van der Waals surface area contributed by atoms with E-state index < -0.39 is 5.97 Å². The van der Waals surface area contributed by atoms with Crippen LogP contribution in [0.1, 0.15) is 0 Å². The van der Waals surface area contributed by atoms with Crippen molar-refractivity contribution in [1.29, 1.82) is 0 Å². The van der Waals surface area contributed by atoms with Gasteiger partial charge in [-0.15, -0.1) is 10.2 Å². The highest BCUT2D eigenvalue weighted by molar-refractivity contribution is 6.30. The molecule has 0 unspecified atom stereocenters. The predicted molar refractivity (Wildman–Crippen MR) is 73.6 cm³/mol. The van der Waals surface area contributed by atoms with Crippen molar-refractivity contribution in [2.75, 3.05) is 0 Å². The van der Waals surface area contributed by atoms with Crippen molar-refractivity contribution in [3.8, 4) is 22.9 Å². The zero-order chi connectivity index (χ0) is 14.8. The van der Waals surface area contributed by atoms with Crippen LogP contribution in [-0.4, -0.2) is 31.3 Å². The number of nitrogens with zero attached hydrogens (tertiary/aromatic N) is 4. The number of aromatic nitrogens is 4. The maximum Gasteiger partial charge on any atom is 0.327 e. The summed E-state index contributed by atoms with van der Waals surface area (Å²) in [5.41, 5.74) is 0.826. The highest BCUT2D eigenvalue weighted by Gasteiger charge is 2.13. The number of benzene rings is 1. The molecule has 3 aromatic rings. The number of furan rings is 1. The average molecular weight is 305 g/mol. The second-order valence-corrected chi connectivity index (χ2v) is 4.65. The molecule has 7 nitrogen and oxygen atoms in total. The minimum Gasteiger partial charge on any atom is -0.480 e. The number of carbonyl (C=O) groups is 1. The first-order valence-electron chi connectivity index (χ1n) is 5.97. The van der Waals surface area contributed by atoms with Gasteiger partial charge in [-0.2, -0.15) is 4.80 Å². The van der Waals surface area contributed by atoms with Crippen molar-refractivity contribution < 1.29 is 14.3 Å². The van der Waals surface area contributed by atoms with E-state index in [1.807, 2.05) is 12.1 Å². The summed E-state index contributed by atoms with van der Waals surface area (Å²) in [6.45, 7) is -0.352. The first-order chi connectivity index (χ1) is 10.1. The summed E-state index contributed by atoms with van der Waals surface area (Å²) in [6, 6.07) is 10.7. The van der Waals surface area contributed by atoms with Crippen molar-refractivity contribution >= 4 is 17.6 Å². The molecule has 21 heavy (non-hydrogen) atoms. The smallest absolute Gasteiger partial charge is 0.327 e. The zero-order valence-electron chi connectivity index (χ0n) is 10.6. The standard InChI is InChI=1S/C13H9ClN4O3/c14-9-3-1-2-8(6-9)10-4-5-11(21-10)13-15-17-18(16-13)7-12(19)20/h1-6H,7H2,(H,19,20). The fraction of sp³-hybridized carbons (Fsp3) is 0.0769. The van der Waals surface area contributed by atoms with E-state index >= 15 is 0 Å². The van der Waals surface area contributed by atoms with Gasteiger partial charge in [-0.05, 0) is 29.5 Å². The zero-order valence-corrected chi connectivity index (χ0v) is 11.4. The van der Waals surface area contributed by atoms with Crippen molar-refractivity contribution in [2.24, 2.45) is 0 Å². The van der Waals surface area contributed by atoms with Gasteiger partial charge in [-0.25, -0.2) is 0 Å². The average Bonchev–Trinajstić information content (AvgIpc) is 3.06. The molecule has 106 valence electrons. The van der Waals surface area contributed by atoms with Gasteiger partial charge >= 0.3 is 5.97 Å². The van der Waals surface area contributed by atoms with Gasteiger partial charge in [0, 0.05) is 10.6 Å². The van der Waals surface area contributed by atoms with Gasteiger partial charge in [0.15, 0.2) is 12.3 Å². The normalized spacial score (nSPS) is 10.7. The van der Waals surface area contributed by atoms with Crippen LogP contribution in [0.2, 0.25) is 5.02 Å². The SMILES string of the molecule is O=C(O)Cn1nnc(-c2ccc(-c3cccc(Cl)c3)o2)n1. The topological polar surface area (TPSA) is 94.0 Å². The summed E-state index contributed by atoms with van der Waals surface area (Å²) in [4.78, 5) is 11.6. The Hall–Kier alpha value is -2.67. The van der Waals surface area contributed by atoms with Crippen LogP contribution in [-0.2, 0) is 11.3 Å². The lowest BCUT2D eigenvalue weighted by molar-refractivity contribution is -0.138. The Bertz CT molecular complexity index is 796. The Labute approximate surface area is 123 Å². The van der Waals surface area contributed by atoms with Crippen LogP contribution >= 0.6 is 11.6 Å². The Morgan fingerprint density at radius 3 is 2.86 bits per heavy atom. The summed E-state index contributed by atoms with van der Waals surface area (Å²) in [6.07, 6.45) is 0. The van der Waals surface area contributed by atoms with Crippen LogP contribution in [0.25, 0.3) is 22.9 Å². The highest BCUT2D eigenvalue weighted by Crippen LogP contribution is 2.27. The molecular weight excluding hydrogens is 296 g/mol. The fourth-order valence-corrected chi connectivity index (χ4v) is 1.98. The molecule has 3 rings (SSSR count). The lowest BCUT2D eigenvalue weighted by Gasteiger charge is -1.96. The Kier molecular flexibility index (Phi) is 3.41. The van der Waals surface area contributed by atoms with Crippen molar-refractivity contribution in [3.63, 3.8) is 0 Å². The van der Waals surface area contributed by atoms with E-state index in [1.165, 1.54) is 0 Å². The predicted octanol–water partition coefficient (Wildman–Crippen LogP) is 2.34. The second-order valence-electron chi connectivity index (χ2n) is 4.21. The number of carboxylic acid groups (broad SMARTS) is 1. The van der Waals surface area contributed by atoms with Crippen molar-refractivity contribution in [3.05, 3.63) is 41.4 Å². The summed E-state index contributed by atoms with van der Waals surface area (Å²) < 4.78 is 5.64. The summed E-state index contributed by atoms with van der Waals surface area (Å²) in [5, 5.41) is 20.6. The van der Waals surface area contributed by atoms with E-state index in [1.54, 1.807) is 24.3 Å². The molecule has 2 aromatic heterocycles. The molecule has 8 heteroatoms. The number of tetrazole rings is 1. The van der Waals surface area contributed by atoms with Gasteiger partial charge in [-0.3, -0.25) is 4.79 Å². The molecule has 0 aliphatic heterocycles. The Morgan fingerprint density at radius 2 is 2.10 bits per heavy atom. The number of carboxylic acids is 1. The minimum atomic E-state index is -1.04. The molecule has 0 aliphatic carbocycles. The molecule has 2 heterocycles. The first-order valence-corrected chi connectivity index (χ1v) is 6.35. The van der Waals surface area contributed by atoms with Crippen LogP contribution in [0.5, 0.6) is 0 Å². The summed E-state index contributed by atoms with van der Waals surface area (Å²) >= 11 is 5.94.